The highest BCUT2D eigenvalue weighted by Crippen LogP contribution is 2.32. The zero-order valence-corrected chi connectivity index (χ0v) is 19.0. The van der Waals surface area contributed by atoms with Crippen LogP contribution >= 0.6 is 0 Å². The van der Waals surface area contributed by atoms with E-state index < -0.39 is 41.9 Å². The monoisotopic (exact) mass is 474 g/mol. The van der Waals surface area contributed by atoms with Gasteiger partial charge in [0.1, 0.15) is 19.1 Å². The van der Waals surface area contributed by atoms with Crippen molar-refractivity contribution in [2.24, 2.45) is 5.92 Å². The molecule has 34 heavy (non-hydrogen) atoms. The summed E-state index contributed by atoms with van der Waals surface area (Å²) in [5.74, 6) is -7.77. The SMILES string of the molecule is CCOC(=O)C[C@@H](C(=O)OCC)C(F)(C(=O)OCc1ccccc1)C(=O)OCc1ccccc1. The second-order valence-electron chi connectivity index (χ2n) is 7.15. The number of carbonyl (C=O) groups excluding carboxylic acids is 4. The number of esters is 4. The summed E-state index contributed by atoms with van der Waals surface area (Å²) in [6, 6.07) is 16.7. The van der Waals surface area contributed by atoms with E-state index in [-0.39, 0.29) is 26.4 Å². The van der Waals surface area contributed by atoms with Crippen LogP contribution < -0.4 is 0 Å². The third-order valence-electron chi connectivity index (χ3n) is 4.75. The van der Waals surface area contributed by atoms with Gasteiger partial charge in [-0.25, -0.2) is 14.0 Å². The Bertz CT molecular complexity index is 906. The highest BCUT2D eigenvalue weighted by atomic mass is 19.1. The van der Waals surface area contributed by atoms with Crippen LogP contribution in [-0.2, 0) is 51.3 Å². The van der Waals surface area contributed by atoms with Crippen molar-refractivity contribution in [3.05, 3.63) is 71.8 Å². The molecule has 2 rings (SSSR count). The first-order chi connectivity index (χ1) is 16.3. The van der Waals surface area contributed by atoms with E-state index in [1.54, 1.807) is 60.7 Å². The molecule has 0 aliphatic rings. The van der Waals surface area contributed by atoms with Crippen molar-refractivity contribution in [2.75, 3.05) is 13.2 Å². The Morgan fingerprint density at radius 3 is 1.59 bits per heavy atom. The lowest BCUT2D eigenvalue weighted by molar-refractivity contribution is -0.189. The molecule has 0 heterocycles. The number of hydrogen-bond acceptors (Lipinski definition) is 8. The van der Waals surface area contributed by atoms with Gasteiger partial charge in [-0.05, 0) is 25.0 Å². The van der Waals surface area contributed by atoms with Gasteiger partial charge in [0.15, 0.2) is 0 Å². The van der Waals surface area contributed by atoms with Crippen molar-refractivity contribution in [1.29, 1.82) is 0 Å². The predicted octanol–water partition coefficient (Wildman–Crippen LogP) is 3.31. The molecule has 2 aromatic carbocycles. The predicted molar refractivity (Wildman–Crippen MR) is 118 cm³/mol. The molecule has 182 valence electrons. The van der Waals surface area contributed by atoms with Crippen LogP contribution in [0.25, 0.3) is 0 Å². The number of hydrogen-bond donors (Lipinski definition) is 0. The Hall–Kier alpha value is -3.75. The van der Waals surface area contributed by atoms with Crippen LogP contribution in [-0.4, -0.2) is 42.8 Å². The van der Waals surface area contributed by atoms with Crippen LogP contribution in [0.1, 0.15) is 31.4 Å². The van der Waals surface area contributed by atoms with Gasteiger partial charge in [-0.3, -0.25) is 9.59 Å². The van der Waals surface area contributed by atoms with Gasteiger partial charge >= 0.3 is 29.5 Å². The van der Waals surface area contributed by atoms with E-state index in [9.17, 15) is 19.2 Å². The molecular formula is C25H27FO8. The molecule has 8 nitrogen and oxygen atoms in total. The Morgan fingerprint density at radius 2 is 1.18 bits per heavy atom. The van der Waals surface area contributed by atoms with E-state index in [0.29, 0.717) is 11.1 Å². The third kappa shape index (κ3) is 7.13. The fourth-order valence-electron chi connectivity index (χ4n) is 3.04. The average Bonchev–Trinajstić information content (AvgIpc) is 2.85. The Labute approximate surface area is 196 Å². The van der Waals surface area contributed by atoms with Gasteiger partial charge in [0.25, 0.3) is 0 Å². The second kappa shape index (κ2) is 13.1. The molecule has 0 aromatic heterocycles. The molecule has 0 fully saturated rings. The first kappa shape index (κ1) is 26.5. The molecule has 0 radical (unpaired) electrons. The number of halogens is 1. The van der Waals surface area contributed by atoms with E-state index in [2.05, 4.69) is 0 Å². The first-order valence-corrected chi connectivity index (χ1v) is 10.8. The summed E-state index contributed by atoms with van der Waals surface area (Å²) >= 11 is 0. The molecule has 0 N–H and O–H groups in total. The van der Waals surface area contributed by atoms with Crippen molar-refractivity contribution in [2.45, 2.75) is 39.2 Å². The van der Waals surface area contributed by atoms with Gasteiger partial charge < -0.3 is 18.9 Å². The van der Waals surface area contributed by atoms with E-state index in [0.717, 1.165) is 0 Å². The van der Waals surface area contributed by atoms with E-state index in [1.165, 1.54) is 13.8 Å². The maximum atomic E-state index is 16.4. The summed E-state index contributed by atoms with van der Waals surface area (Å²) in [6.07, 6.45) is -0.927. The number of carbonyl (C=O) groups is 4. The number of benzene rings is 2. The zero-order valence-electron chi connectivity index (χ0n) is 19.0. The lowest BCUT2D eigenvalue weighted by Crippen LogP contribution is -2.54. The van der Waals surface area contributed by atoms with E-state index in [1.807, 2.05) is 0 Å². The van der Waals surface area contributed by atoms with Crippen molar-refractivity contribution in [1.82, 2.24) is 0 Å². The molecule has 0 bridgehead atoms. The van der Waals surface area contributed by atoms with Crippen molar-refractivity contribution < 1.29 is 42.5 Å². The molecule has 9 heteroatoms. The van der Waals surface area contributed by atoms with Gasteiger partial charge in [0.05, 0.1) is 19.6 Å². The molecule has 0 unspecified atom stereocenters. The minimum absolute atomic E-state index is 0.0510. The van der Waals surface area contributed by atoms with Crippen LogP contribution in [0.15, 0.2) is 60.7 Å². The topological polar surface area (TPSA) is 105 Å². The van der Waals surface area contributed by atoms with Crippen LogP contribution in [0.5, 0.6) is 0 Å². The molecule has 0 amide bonds. The van der Waals surface area contributed by atoms with Crippen molar-refractivity contribution in [3.8, 4) is 0 Å². The van der Waals surface area contributed by atoms with Gasteiger partial charge in [-0.2, -0.15) is 0 Å². The largest absolute Gasteiger partial charge is 0.466 e. The minimum atomic E-state index is -3.65. The van der Waals surface area contributed by atoms with Crippen LogP contribution in [0.4, 0.5) is 4.39 Å². The quantitative estimate of drug-likeness (QED) is 0.262. The zero-order chi connectivity index (χ0) is 25.0. The maximum Gasteiger partial charge on any atom is 0.357 e. The fourth-order valence-corrected chi connectivity index (χ4v) is 3.04. The summed E-state index contributed by atoms with van der Waals surface area (Å²) < 4.78 is 36.1. The number of ether oxygens (including phenoxy) is 4. The molecule has 0 spiro atoms. The maximum absolute atomic E-state index is 16.4. The standard InChI is InChI=1S/C25H27FO8/c1-3-31-21(27)15-20(22(28)32-4-2)25(26,23(29)33-16-18-11-7-5-8-12-18)24(30)34-17-19-13-9-6-10-14-19/h5-14,20H,3-4,15-17H2,1-2H3/t20-/m0/s1. The molecule has 0 aliphatic heterocycles. The van der Waals surface area contributed by atoms with Crippen LogP contribution in [0.2, 0.25) is 0 Å². The summed E-state index contributed by atoms with van der Waals surface area (Å²) in [5, 5.41) is 0. The summed E-state index contributed by atoms with van der Waals surface area (Å²) in [7, 11) is 0. The Kier molecular flexibility index (Phi) is 10.2. The average molecular weight is 474 g/mol. The molecule has 0 aliphatic carbocycles. The molecule has 0 saturated heterocycles. The van der Waals surface area contributed by atoms with E-state index >= 15 is 4.39 Å². The van der Waals surface area contributed by atoms with Gasteiger partial charge in [0.2, 0.25) is 0 Å². The summed E-state index contributed by atoms with van der Waals surface area (Å²) in [4.78, 5) is 50.6. The Morgan fingerprint density at radius 1 is 0.735 bits per heavy atom. The van der Waals surface area contributed by atoms with Crippen molar-refractivity contribution >= 4 is 23.9 Å². The normalized spacial score (nSPS) is 11.7. The van der Waals surface area contributed by atoms with Crippen LogP contribution in [0.3, 0.4) is 0 Å². The highest BCUT2D eigenvalue weighted by Gasteiger charge is 2.60. The fraction of sp³-hybridized carbons (Fsp3) is 0.360. The molecule has 0 saturated carbocycles. The molecule has 2 aromatic rings. The van der Waals surface area contributed by atoms with Gasteiger partial charge in [-0.1, -0.05) is 60.7 Å². The Balaban J connectivity index is 2.35. The third-order valence-corrected chi connectivity index (χ3v) is 4.75. The molecule has 1 atom stereocenters. The lowest BCUT2D eigenvalue weighted by atomic mass is 9.86. The summed E-state index contributed by atoms with van der Waals surface area (Å²) in [6.45, 7) is 2.01. The van der Waals surface area contributed by atoms with E-state index in [4.69, 9.17) is 18.9 Å². The summed E-state index contributed by atoms with van der Waals surface area (Å²) in [5.41, 5.74) is -2.61. The minimum Gasteiger partial charge on any atom is -0.466 e. The smallest absolute Gasteiger partial charge is 0.357 e. The highest BCUT2D eigenvalue weighted by molar-refractivity contribution is 6.08. The number of rotatable bonds is 12. The van der Waals surface area contributed by atoms with Gasteiger partial charge in [0, 0.05) is 0 Å². The molecular weight excluding hydrogens is 447 g/mol. The first-order valence-electron chi connectivity index (χ1n) is 10.8. The van der Waals surface area contributed by atoms with Crippen molar-refractivity contribution in [3.63, 3.8) is 0 Å². The van der Waals surface area contributed by atoms with Gasteiger partial charge in [-0.15, -0.1) is 0 Å². The lowest BCUT2D eigenvalue weighted by Gasteiger charge is -2.28. The second-order valence-corrected chi connectivity index (χ2v) is 7.15. The van der Waals surface area contributed by atoms with Crippen LogP contribution in [0, 0.1) is 5.92 Å². The number of alkyl halides is 1.